The Hall–Kier alpha value is -0.680. The van der Waals surface area contributed by atoms with Crippen LogP contribution in [0.15, 0.2) is 29.2 Å². The second-order valence-electron chi connectivity index (χ2n) is 2.58. The first-order chi connectivity index (χ1) is 6.04. The minimum atomic E-state index is -5.07. The van der Waals surface area contributed by atoms with Gasteiger partial charge in [-0.25, -0.2) is 0 Å². The summed E-state index contributed by atoms with van der Waals surface area (Å²) in [5.41, 5.74) is 0.657. The second-order valence-corrected chi connectivity index (χ2v) is 3.87. The van der Waals surface area contributed by atoms with E-state index in [0.717, 1.165) is 6.07 Å². The van der Waals surface area contributed by atoms with Crippen molar-refractivity contribution in [3.05, 3.63) is 29.8 Å². The quantitative estimate of drug-likeness (QED) is 0.805. The maximum absolute atomic E-state index is 12.3. The van der Waals surface area contributed by atoms with Crippen LogP contribution in [-0.4, -0.2) is 7.05 Å². The second kappa shape index (κ2) is 4.02. The first kappa shape index (κ1) is 10.4. The van der Waals surface area contributed by atoms with Crippen LogP contribution < -0.4 is 5.32 Å². The Labute approximate surface area is 77.2 Å². The number of hydrogen-bond acceptors (Lipinski definition) is 1. The van der Waals surface area contributed by atoms with E-state index in [0.29, 0.717) is 12.1 Å². The highest BCUT2D eigenvalue weighted by Gasteiger charge is 2.23. The molecular formula is C8H10F3NS. The van der Waals surface area contributed by atoms with Gasteiger partial charge < -0.3 is 5.32 Å². The van der Waals surface area contributed by atoms with E-state index in [4.69, 9.17) is 0 Å². The molecule has 1 nitrogen and oxygen atoms in total. The minimum Gasteiger partial charge on any atom is -0.316 e. The van der Waals surface area contributed by atoms with E-state index in [1.54, 1.807) is 13.1 Å². The van der Waals surface area contributed by atoms with Crippen molar-refractivity contribution < 1.29 is 11.7 Å². The molecule has 0 spiro atoms. The van der Waals surface area contributed by atoms with E-state index < -0.39 is 16.1 Å². The number of hydrogen-bond donors (Lipinski definition) is 1. The predicted molar refractivity (Wildman–Crippen MR) is 48.4 cm³/mol. The van der Waals surface area contributed by atoms with Crippen LogP contribution in [0.25, 0.3) is 0 Å². The molecule has 0 saturated heterocycles. The molecule has 1 N–H and O–H groups in total. The van der Waals surface area contributed by atoms with Gasteiger partial charge in [0.2, 0.25) is 11.2 Å². The molecule has 0 saturated carbocycles. The number of nitrogens with one attached hydrogen (secondary N) is 1. The Morgan fingerprint density at radius 3 is 2.54 bits per heavy atom. The lowest BCUT2D eigenvalue weighted by Gasteiger charge is -2.10. The van der Waals surface area contributed by atoms with Gasteiger partial charge in [0.1, 0.15) is 0 Å². The third-order valence-corrected chi connectivity index (χ3v) is 2.34. The first-order valence-corrected chi connectivity index (χ1v) is 5.03. The highest BCUT2D eigenvalue weighted by Crippen LogP contribution is 2.60. The van der Waals surface area contributed by atoms with E-state index in [1.165, 1.54) is 12.1 Å². The third-order valence-electron chi connectivity index (χ3n) is 1.55. The fourth-order valence-corrected chi connectivity index (χ4v) is 1.52. The third kappa shape index (κ3) is 2.93. The average molecular weight is 209 g/mol. The van der Waals surface area contributed by atoms with Crippen molar-refractivity contribution in [2.24, 2.45) is 0 Å². The summed E-state index contributed by atoms with van der Waals surface area (Å²) in [5, 5.41) is 2.80. The zero-order valence-electron chi connectivity index (χ0n) is 7.06. The molecular weight excluding hydrogens is 199 g/mol. The van der Waals surface area contributed by atoms with Crippen LogP contribution in [0.5, 0.6) is 0 Å². The lowest BCUT2D eigenvalue weighted by atomic mass is 10.2. The molecule has 5 heteroatoms. The van der Waals surface area contributed by atoms with Crippen LogP contribution in [-0.2, 0) is 6.54 Å². The number of rotatable bonds is 3. The summed E-state index contributed by atoms with van der Waals surface area (Å²) in [6, 6.07) is 5.40. The Kier molecular flexibility index (Phi) is 3.22. The molecule has 0 aliphatic carbocycles. The molecule has 1 aromatic rings. The monoisotopic (exact) mass is 209 g/mol. The van der Waals surface area contributed by atoms with Crippen molar-refractivity contribution >= 4 is 11.2 Å². The van der Waals surface area contributed by atoms with E-state index in [2.05, 4.69) is 5.32 Å². The molecule has 0 fully saturated rings. The van der Waals surface area contributed by atoms with Crippen molar-refractivity contribution in [3.8, 4) is 0 Å². The maximum Gasteiger partial charge on any atom is 0.237 e. The highest BCUT2D eigenvalue weighted by molar-refractivity contribution is 8.20. The normalized spacial score (nSPS) is 12.9. The van der Waals surface area contributed by atoms with Crippen LogP contribution in [0, 0.1) is 0 Å². The Morgan fingerprint density at radius 2 is 2.00 bits per heavy atom. The van der Waals surface area contributed by atoms with Gasteiger partial charge in [-0.15, -0.1) is 11.7 Å². The molecule has 0 heterocycles. The summed E-state index contributed by atoms with van der Waals surface area (Å²) in [6.07, 6.45) is 0. The van der Waals surface area contributed by atoms with Gasteiger partial charge >= 0.3 is 0 Å². The molecule has 0 aliphatic heterocycles. The SMILES string of the molecule is CNCc1cccc(S(F)(F)F)c1. The maximum atomic E-state index is 12.3. The smallest absolute Gasteiger partial charge is 0.237 e. The molecule has 1 aromatic carbocycles. The van der Waals surface area contributed by atoms with Gasteiger partial charge in [-0.1, -0.05) is 12.1 Å². The molecule has 0 aromatic heterocycles. The summed E-state index contributed by atoms with van der Waals surface area (Å²) in [5.74, 6) is 0. The van der Waals surface area contributed by atoms with Gasteiger partial charge in [0.25, 0.3) is 0 Å². The van der Waals surface area contributed by atoms with Crippen molar-refractivity contribution in [1.82, 2.24) is 5.32 Å². The fraction of sp³-hybridized carbons (Fsp3) is 0.250. The molecule has 13 heavy (non-hydrogen) atoms. The van der Waals surface area contributed by atoms with Crippen LogP contribution in [0.4, 0.5) is 11.7 Å². The van der Waals surface area contributed by atoms with Crippen LogP contribution in [0.2, 0.25) is 0 Å². The number of benzene rings is 1. The summed E-state index contributed by atoms with van der Waals surface area (Å²) in [4.78, 5) is -0.514. The molecule has 74 valence electrons. The van der Waals surface area contributed by atoms with E-state index in [-0.39, 0.29) is 0 Å². The minimum absolute atomic E-state index is 0.462. The van der Waals surface area contributed by atoms with Crippen molar-refractivity contribution in [1.29, 1.82) is 0 Å². The predicted octanol–water partition coefficient (Wildman–Crippen LogP) is 3.22. The van der Waals surface area contributed by atoms with Gasteiger partial charge in [0.15, 0.2) is 0 Å². The van der Waals surface area contributed by atoms with Crippen LogP contribution in [0.3, 0.4) is 0 Å². The lowest BCUT2D eigenvalue weighted by molar-refractivity contribution is 0.632. The Balaban J connectivity index is 2.92. The molecule has 0 atom stereocenters. The fourth-order valence-electron chi connectivity index (χ4n) is 1.00. The Bertz CT molecular complexity index is 285. The van der Waals surface area contributed by atoms with Gasteiger partial charge in [0, 0.05) is 6.54 Å². The van der Waals surface area contributed by atoms with Crippen molar-refractivity contribution in [2.45, 2.75) is 11.4 Å². The molecule has 0 bridgehead atoms. The van der Waals surface area contributed by atoms with E-state index in [1.807, 2.05) is 0 Å². The van der Waals surface area contributed by atoms with E-state index in [9.17, 15) is 11.7 Å². The highest BCUT2D eigenvalue weighted by atomic mass is 32.3. The van der Waals surface area contributed by atoms with Crippen molar-refractivity contribution in [2.75, 3.05) is 7.05 Å². The van der Waals surface area contributed by atoms with Gasteiger partial charge in [-0.2, -0.15) is 0 Å². The van der Waals surface area contributed by atoms with Crippen LogP contribution >= 0.6 is 11.2 Å². The summed E-state index contributed by atoms with van der Waals surface area (Å²) in [7, 11) is 1.70. The molecule has 0 radical (unpaired) electrons. The topological polar surface area (TPSA) is 12.0 Å². The van der Waals surface area contributed by atoms with Gasteiger partial charge in [0.05, 0.1) is 4.90 Å². The molecule has 1 rings (SSSR count). The molecule has 0 amide bonds. The number of halogens is 3. The standard InChI is InChI=1S/C8H10F3NS/c1-12-6-7-3-2-4-8(5-7)13(9,10)11/h2-5,12H,6H2,1H3. The Morgan fingerprint density at radius 1 is 1.31 bits per heavy atom. The van der Waals surface area contributed by atoms with Crippen LogP contribution in [0.1, 0.15) is 5.56 Å². The summed E-state index contributed by atoms with van der Waals surface area (Å²) < 4.78 is 36.8. The molecule has 0 aliphatic rings. The zero-order chi connectivity index (χ0) is 9.90. The summed E-state index contributed by atoms with van der Waals surface area (Å²) in [6.45, 7) is 0.462. The average Bonchev–Trinajstić information content (AvgIpc) is 2.04. The lowest BCUT2D eigenvalue weighted by Crippen LogP contribution is -2.04. The van der Waals surface area contributed by atoms with Gasteiger partial charge in [-0.05, 0) is 24.7 Å². The summed E-state index contributed by atoms with van der Waals surface area (Å²) >= 11 is -5.07. The van der Waals surface area contributed by atoms with E-state index >= 15 is 0 Å². The van der Waals surface area contributed by atoms with Gasteiger partial charge in [-0.3, -0.25) is 0 Å². The first-order valence-electron chi connectivity index (χ1n) is 3.70. The zero-order valence-corrected chi connectivity index (χ0v) is 7.88. The van der Waals surface area contributed by atoms with Crippen molar-refractivity contribution in [3.63, 3.8) is 0 Å². The largest absolute Gasteiger partial charge is 0.316 e. The molecule has 0 unspecified atom stereocenters.